The number of benzene rings is 7. The third-order valence-electron chi connectivity index (χ3n) is 8.26. The van der Waals surface area contributed by atoms with Crippen molar-refractivity contribution in [1.29, 1.82) is 0 Å². The van der Waals surface area contributed by atoms with Crippen LogP contribution in [0.4, 0.5) is 0 Å². The van der Waals surface area contributed by atoms with E-state index in [1.807, 2.05) is 127 Å². The minimum atomic E-state index is -3.28. The number of carbonyl (C=O) groups is 1. The number of allylic oxidation sites excluding steroid dienone is 1. The average Bonchev–Trinajstić information content (AvgIpc) is 3.06. The first-order valence-corrected chi connectivity index (χ1v) is 16.0. The molecule has 0 bridgehead atoms. The van der Waals surface area contributed by atoms with E-state index in [-0.39, 0.29) is 12.2 Å². The average molecular weight is 561 g/mol. The van der Waals surface area contributed by atoms with Crippen LogP contribution in [0.2, 0.25) is 0 Å². The lowest BCUT2D eigenvalue weighted by Crippen LogP contribution is -2.26. The van der Waals surface area contributed by atoms with Crippen molar-refractivity contribution in [3.8, 4) is 0 Å². The van der Waals surface area contributed by atoms with Gasteiger partial charge in [-0.05, 0) is 43.9 Å². The molecule has 0 saturated heterocycles. The lowest BCUT2D eigenvalue weighted by molar-refractivity contribution is 0.0986. The van der Waals surface area contributed by atoms with E-state index in [9.17, 15) is 4.79 Å². The largest absolute Gasteiger partial charge is 0.313 e. The minimum absolute atomic E-state index is 0.0104. The Bertz CT molecular complexity index is 2050. The SMILES string of the molecule is O=C(C[C@@H](/C=C/c1ccccc1)P(=O)(c1ccccc1)c1ccccc1)c1cc2cccc3ccc4cccc1c4c32. The van der Waals surface area contributed by atoms with E-state index in [1.165, 1.54) is 5.39 Å². The van der Waals surface area contributed by atoms with Crippen LogP contribution in [-0.2, 0) is 4.57 Å². The Balaban J connectivity index is 1.40. The summed E-state index contributed by atoms with van der Waals surface area (Å²) < 4.78 is 15.5. The molecule has 202 valence electrons. The molecule has 7 rings (SSSR count). The van der Waals surface area contributed by atoms with Crippen LogP contribution in [0.3, 0.4) is 0 Å². The highest BCUT2D eigenvalue weighted by Gasteiger charge is 2.37. The van der Waals surface area contributed by atoms with Crippen molar-refractivity contribution in [2.75, 3.05) is 0 Å². The summed E-state index contributed by atoms with van der Waals surface area (Å²) in [6.07, 6.45) is 4.11. The number of rotatable bonds is 8. The maximum absolute atomic E-state index is 15.5. The van der Waals surface area contributed by atoms with Crippen LogP contribution >= 0.6 is 7.14 Å². The highest BCUT2D eigenvalue weighted by Crippen LogP contribution is 2.51. The molecule has 0 amide bonds. The second-order valence-electron chi connectivity index (χ2n) is 10.8. The number of carbonyl (C=O) groups excluding carboxylic acids is 1. The minimum Gasteiger partial charge on any atom is -0.313 e. The lowest BCUT2D eigenvalue weighted by atomic mass is 9.89. The molecule has 1 atom stereocenters. The Morgan fingerprint density at radius 2 is 1.14 bits per heavy atom. The molecular weight excluding hydrogens is 531 g/mol. The van der Waals surface area contributed by atoms with Crippen LogP contribution in [0.25, 0.3) is 38.4 Å². The Kier molecular flexibility index (Phi) is 6.78. The van der Waals surface area contributed by atoms with Gasteiger partial charge in [0.15, 0.2) is 5.78 Å². The molecule has 2 nitrogen and oxygen atoms in total. The highest BCUT2D eigenvalue weighted by molar-refractivity contribution is 7.79. The van der Waals surface area contributed by atoms with Crippen LogP contribution < -0.4 is 10.6 Å². The second-order valence-corrected chi connectivity index (χ2v) is 13.8. The third kappa shape index (κ3) is 4.55. The summed E-state index contributed by atoms with van der Waals surface area (Å²) in [7, 11) is -3.28. The predicted molar refractivity (Wildman–Crippen MR) is 178 cm³/mol. The van der Waals surface area contributed by atoms with Gasteiger partial charge in [-0.25, -0.2) is 0 Å². The Hall–Kier alpha value is -4.78. The molecular formula is C39H29O2P. The fraction of sp³-hybridized carbons (Fsp3) is 0.0513. The van der Waals surface area contributed by atoms with Crippen molar-refractivity contribution in [3.05, 3.63) is 163 Å². The Labute approximate surface area is 245 Å². The topological polar surface area (TPSA) is 34.1 Å². The van der Waals surface area contributed by atoms with Crippen LogP contribution in [-0.4, -0.2) is 11.4 Å². The molecule has 42 heavy (non-hydrogen) atoms. The van der Waals surface area contributed by atoms with Crippen LogP contribution in [0, 0.1) is 0 Å². The van der Waals surface area contributed by atoms with Crippen molar-refractivity contribution in [2.45, 2.75) is 12.1 Å². The van der Waals surface area contributed by atoms with E-state index in [0.717, 1.165) is 43.1 Å². The normalized spacial score (nSPS) is 12.9. The van der Waals surface area contributed by atoms with Crippen molar-refractivity contribution in [1.82, 2.24) is 0 Å². The molecule has 0 fully saturated rings. The summed E-state index contributed by atoms with van der Waals surface area (Å²) in [5.41, 5.74) is 1.14. The Morgan fingerprint density at radius 3 is 1.79 bits per heavy atom. The zero-order chi connectivity index (χ0) is 28.5. The van der Waals surface area contributed by atoms with Crippen molar-refractivity contribution >= 4 is 61.9 Å². The molecule has 0 unspecified atom stereocenters. The molecule has 0 N–H and O–H groups in total. The molecule has 7 aromatic rings. The summed E-state index contributed by atoms with van der Waals surface area (Å²) in [5, 5.41) is 8.07. The van der Waals surface area contributed by atoms with Gasteiger partial charge >= 0.3 is 0 Å². The van der Waals surface area contributed by atoms with Crippen molar-refractivity contribution in [2.24, 2.45) is 0 Å². The van der Waals surface area contributed by atoms with Gasteiger partial charge in [-0.2, -0.15) is 0 Å². The standard InChI is InChI=1S/C39H29O2P/c40-37(36-26-31-16-10-14-29-23-24-30-15-11-21-35(36)39(30)38(29)31)27-34(25-22-28-12-4-1-5-13-28)42(41,32-17-6-2-7-18-32)33-19-8-3-9-20-33/h1-26,34H,27H2/b25-22+/t34-/m1/s1. The zero-order valence-electron chi connectivity index (χ0n) is 23.1. The summed E-state index contributed by atoms with van der Waals surface area (Å²) >= 11 is 0. The molecule has 0 aliphatic rings. The van der Waals surface area contributed by atoms with E-state index in [4.69, 9.17) is 0 Å². The zero-order valence-corrected chi connectivity index (χ0v) is 24.0. The van der Waals surface area contributed by atoms with E-state index >= 15 is 4.57 Å². The first-order chi connectivity index (χ1) is 20.6. The summed E-state index contributed by atoms with van der Waals surface area (Å²) in [6, 6.07) is 48.0. The summed E-state index contributed by atoms with van der Waals surface area (Å²) in [6.45, 7) is 0. The molecule has 0 spiro atoms. The predicted octanol–water partition coefficient (Wildman–Crippen LogP) is 9.25. The molecule has 0 aliphatic heterocycles. The van der Waals surface area contributed by atoms with Gasteiger partial charge in [0.05, 0.1) is 0 Å². The van der Waals surface area contributed by atoms with Gasteiger partial charge in [0.2, 0.25) is 0 Å². The van der Waals surface area contributed by atoms with Gasteiger partial charge in [0, 0.05) is 28.3 Å². The molecule has 0 radical (unpaired) electrons. The number of hydrogen-bond donors (Lipinski definition) is 0. The number of Topliss-reactive ketones (excluding diaryl/α,β-unsaturated/α-hetero) is 1. The van der Waals surface area contributed by atoms with Gasteiger partial charge in [-0.3, -0.25) is 4.79 Å². The number of hydrogen-bond acceptors (Lipinski definition) is 2. The van der Waals surface area contributed by atoms with E-state index in [2.05, 4.69) is 30.3 Å². The maximum Gasteiger partial charge on any atom is 0.164 e. The van der Waals surface area contributed by atoms with E-state index < -0.39 is 12.8 Å². The van der Waals surface area contributed by atoms with Crippen molar-refractivity contribution < 1.29 is 9.36 Å². The third-order valence-corrected chi connectivity index (χ3v) is 11.7. The van der Waals surface area contributed by atoms with E-state index in [0.29, 0.717) is 5.56 Å². The van der Waals surface area contributed by atoms with Gasteiger partial charge in [0.25, 0.3) is 0 Å². The van der Waals surface area contributed by atoms with Crippen LogP contribution in [0.15, 0.2) is 152 Å². The monoisotopic (exact) mass is 560 g/mol. The summed E-state index contributed by atoms with van der Waals surface area (Å²) in [5.74, 6) is -0.0104. The van der Waals surface area contributed by atoms with Gasteiger partial charge in [-0.1, -0.05) is 152 Å². The second kappa shape index (κ2) is 10.9. The maximum atomic E-state index is 15.5. The molecule has 0 saturated carbocycles. The smallest absolute Gasteiger partial charge is 0.164 e. The van der Waals surface area contributed by atoms with Crippen LogP contribution in [0.5, 0.6) is 0 Å². The quantitative estimate of drug-likeness (QED) is 0.105. The van der Waals surface area contributed by atoms with Crippen molar-refractivity contribution in [3.63, 3.8) is 0 Å². The first-order valence-electron chi connectivity index (χ1n) is 14.3. The Morgan fingerprint density at radius 1 is 0.595 bits per heavy atom. The first kappa shape index (κ1) is 26.1. The molecule has 0 aliphatic carbocycles. The van der Waals surface area contributed by atoms with E-state index in [1.54, 1.807) is 0 Å². The molecule has 0 heterocycles. The van der Waals surface area contributed by atoms with Gasteiger partial charge in [0.1, 0.15) is 7.14 Å². The van der Waals surface area contributed by atoms with Crippen LogP contribution in [0.1, 0.15) is 22.3 Å². The molecule has 7 aromatic carbocycles. The lowest BCUT2D eigenvalue weighted by Gasteiger charge is -2.27. The van der Waals surface area contributed by atoms with Gasteiger partial charge in [-0.15, -0.1) is 0 Å². The molecule has 3 heteroatoms. The fourth-order valence-electron chi connectivity index (χ4n) is 6.23. The molecule has 0 aromatic heterocycles. The highest BCUT2D eigenvalue weighted by atomic mass is 31.2. The number of ketones is 1. The summed E-state index contributed by atoms with van der Waals surface area (Å²) in [4.78, 5) is 14.5. The van der Waals surface area contributed by atoms with Gasteiger partial charge < -0.3 is 4.57 Å². The fourth-order valence-corrected chi connectivity index (χ4v) is 9.27.